The van der Waals surface area contributed by atoms with Gasteiger partial charge >= 0.3 is 0 Å². The number of sulfone groups is 1. The molecule has 2 aromatic heterocycles. The molecular weight excluding hydrogens is 250 g/mol. The molecule has 0 aromatic carbocycles. The first-order chi connectivity index (χ1) is 8.58. The fourth-order valence-corrected chi connectivity index (χ4v) is 4.27. The minimum atomic E-state index is -3.08. The van der Waals surface area contributed by atoms with Crippen LogP contribution >= 0.6 is 0 Å². The Morgan fingerprint density at radius 3 is 2.89 bits per heavy atom. The Morgan fingerprint density at radius 2 is 2.17 bits per heavy atom. The number of hydrogen-bond donors (Lipinski definition) is 0. The molecular formula is C12H15N3O2S. The summed E-state index contributed by atoms with van der Waals surface area (Å²) in [5, 5.41) is 3.84. The Morgan fingerprint density at radius 1 is 1.33 bits per heavy atom. The van der Waals surface area contributed by atoms with Crippen molar-refractivity contribution in [3.8, 4) is 0 Å². The molecule has 1 aliphatic rings. The van der Waals surface area contributed by atoms with Crippen LogP contribution < -0.4 is 0 Å². The molecule has 1 aliphatic heterocycles. The van der Waals surface area contributed by atoms with Crippen molar-refractivity contribution in [3.63, 3.8) is 0 Å². The van der Waals surface area contributed by atoms with E-state index in [1.165, 1.54) is 0 Å². The normalized spacial score (nSPS) is 23.3. The van der Waals surface area contributed by atoms with E-state index in [0.717, 1.165) is 18.5 Å². The maximum absolute atomic E-state index is 12.1. The zero-order valence-electron chi connectivity index (χ0n) is 10.2. The molecule has 1 fully saturated rings. The number of rotatable bonds is 1. The lowest BCUT2D eigenvalue weighted by Crippen LogP contribution is -2.22. The molecule has 1 atom stereocenters. The summed E-state index contributed by atoms with van der Waals surface area (Å²) in [6.07, 6.45) is 2.32. The number of aromatic nitrogens is 3. The van der Waals surface area contributed by atoms with Gasteiger partial charge in [0.25, 0.3) is 0 Å². The highest BCUT2D eigenvalue weighted by Crippen LogP contribution is 2.31. The Bertz CT molecular complexity index is 690. The topological polar surface area (TPSA) is 64.3 Å². The molecule has 0 amide bonds. The zero-order valence-corrected chi connectivity index (χ0v) is 11.0. The van der Waals surface area contributed by atoms with Gasteiger partial charge in [-0.3, -0.25) is 0 Å². The third-order valence-corrected chi connectivity index (χ3v) is 5.60. The van der Waals surface area contributed by atoms with E-state index in [1.807, 2.05) is 25.1 Å². The molecule has 96 valence electrons. The SMILES string of the molecule is Cc1cccc2nc(C3CCCCS3(=O)=O)nn12. The molecule has 0 bridgehead atoms. The van der Waals surface area contributed by atoms with E-state index >= 15 is 0 Å². The molecule has 0 aliphatic carbocycles. The first-order valence-corrected chi connectivity index (χ1v) is 7.83. The van der Waals surface area contributed by atoms with Crippen molar-refractivity contribution in [1.82, 2.24) is 14.6 Å². The third kappa shape index (κ3) is 1.80. The molecule has 0 N–H and O–H groups in total. The highest BCUT2D eigenvalue weighted by atomic mass is 32.2. The predicted molar refractivity (Wildman–Crippen MR) is 68.1 cm³/mol. The van der Waals surface area contributed by atoms with Crippen LogP contribution in [-0.4, -0.2) is 28.8 Å². The van der Waals surface area contributed by atoms with Gasteiger partial charge in [0.05, 0.1) is 5.75 Å². The summed E-state index contributed by atoms with van der Waals surface area (Å²) in [7, 11) is -3.08. The lowest BCUT2D eigenvalue weighted by Gasteiger charge is -2.19. The number of fused-ring (bicyclic) bond motifs is 1. The summed E-state index contributed by atoms with van der Waals surface area (Å²) >= 11 is 0. The molecule has 0 saturated carbocycles. The molecule has 1 saturated heterocycles. The monoisotopic (exact) mass is 265 g/mol. The van der Waals surface area contributed by atoms with Gasteiger partial charge < -0.3 is 0 Å². The van der Waals surface area contributed by atoms with Crippen LogP contribution in [0.5, 0.6) is 0 Å². The van der Waals surface area contributed by atoms with Crippen LogP contribution in [0, 0.1) is 6.92 Å². The molecule has 3 rings (SSSR count). The van der Waals surface area contributed by atoms with Crippen molar-refractivity contribution in [3.05, 3.63) is 29.7 Å². The van der Waals surface area contributed by atoms with Crippen LogP contribution in [0.15, 0.2) is 18.2 Å². The molecule has 1 unspecified atom stereocenters. The third-order valence-electron chi connectivity index (χ3n) is 3.43. The van der Waals surface area contributed by atoms with Crippen LogP contribution in [0.3, 0.4) is 0 Å². The minimum Gasteiger partial charge on any atom is -0.228 e. The van der Waals surface area contributed by atoms with Gasteiger partial charge in [-0.1, -0.05) is 12.5 Å². The first-order valence-electron chi connectivity index (χ1n) is 6.12. The van der Waals surface area contributed by atoms with Crippen molar-refractivity contribution in [2.45, 2.75) is 31.4 Å². The Balaban J connectivity index is 2.12. The smallest absolute Gasteiger partial charge is 0.169 e. The minimum absolute atomic E-state index is 0.256. The highest BCUT2D eigenvalue weighted by Gasteiger charge is 2.33. The van der Waals surface area contributed by atoms with Crippen molar-refractivity contribution in [2.75, 3.05) is 5.75 Å². The largest absolute Gasteiger partial charge is 0.228 e. The molecule has 0 radical (unpaired) electrons. The van der Waals surface area contributed by atoms with E-state index in [9.17, 15) is 8.42 Å². The summed E-state index contributed by atoms with van der Waals surface area (Å²) in [6.45, 7) is 1.93. The van der Waals surface area contributed by atoms with Crippen LogP contribution in [0.2, 0.25) is 0 Å². The Kier molecular flexibility index (Phi) is 2.62. The molecule has 5 nitrogen and oxygen atoms in total. The van der Waals surface area contributed by atoms with Crippen LogP contribution in [-0.2, 0) is 9.84 Å². The quantitative estimate of drug-likeness (QED) is 0.787. The van der Waals surface area contributed by atoms with Gasteiger partial charge in [0.15, 0.2) is 21.3 Å². The van der Waals surface area contributed by atoms with E-state index in [2.05, 4.69) is 10.1 Å². The van der Waals surface area contributed by atoms with Gasteiger partial charge in [-0.05, 0) is 31.9 Å². The molecule has 6 heteroatoms. The summed E-state index contributed by atoms with van der Waals surface area (Å²) in [5.41, 5.74) is 1.67. The van der Waals surface area contributed by atoms with Gasteiger partial charge in [0, 0.05) is 5.69 Å². The summed E-state index contributed by atoms with van der Waals surface area (Å²) < 4.78 is 25.8. The van der Waals surface area contributed by atoms with Gasteiger partial charge in [-0.2, -0.15) is 0 Å². The van der Waals surface area contributed by atoms with Gasteiger partial charge in [0.2, 0.25) is 0 Å². The van der Waals surface area contributed by atoms with E-state index in [0.29, 0.717) is 17.9 Å². The second-order valence-corrected chi connectivity index (χ2v) is 7.06. The van der Waals surface area contributed by atoms with Gasteiger partial charge in [-0.25, -0.2) is 17.9 Å². The van der Waals surface area contributed by atoms with Crippen molar-refractivity contribution in [2.24, 2.45) is 0 Å². The van der Waals surface area contributed by atoms with E-state index in [4.69, 9.17) is 0 Å². The standard InChI is InChI=1S/C12H15N3O2S/c1-9-5-4-7-11-13-12(14-15(9)11)10-6-2-3-8-18(10,16)17/h4-5,7,10H,2-3,6,8H2,1H3. The first kappa shape index (κ1) is 11.6. The maximum atomic E-state index is 12.1. The van der Waals surface area contributed by atoms with Crippen molar-refractivity contribution in [1.29, 1.82) is 0 Å². The van der Waals surface area contributed by atoms with E-state index < -0.39 is 15.1 Å². The van der Waals surface area contributed by atoms with Crippen LogP contribution in [0.25, 0.3) is 5.65 Å². The lowest BCUT2D eigenvalue weighted by molar-refractivity contribution is 0.538. The number of nitrogens with zero attached hydrogens (tertiary/aromatic N) is 3. The second kappa shape index (κ2) is 4.05. The fraction of sp³-hybridized carbons (Fsp3) is 0.500. The van der Waals surface area contributed by atoms with Crippen LogP contribution in [0.1, 0.15) is 36.0 Å². The highest BCUT2D eigenvalue weighted by molar-refractivity contribution is 7.91. The van der Waals surface area contributed by atoms with Crippen molar-refractivity contribution >= 4 is 15.5 Å². The van der Waals surface area contributed by atoms with E-state index in [-0.39, 0.29) is 5.75 Å². The summed E-state index contributed by atoms with van der Waals surface area (Å²) in [5.74, 6) is 0.704. The molecule has 0 spiro atoms. The van der Waals surface area contributed by atoms with Gasteiger partial charge in [-0.15, -0.1) is 5.10 Å². The molecule has 3 heterocycles. The average Bonchev–Trinajstić information content (AvgIpc) is 2.73. The van der Waals surface area contributed by atoms with Gasteiger partial charge in [0.1, 0.15) is 5.25 Å². The summed E-state index contributed by atoms with van der Waals surface area (Å²) in [4.78, 5) is 4.37. The summed E-state index contributed by atoms with van der Waals surface area (Å²) in [6, 6.07) is 5.68. The Hall–Kier alpha value is -1.43. The number of aryl methyl sites for hydroxylation is 1. The number of hydrogen-bond acceptors (Lipinski definition) is 4. The van der Waals surface area contributed by atoms with Crippen LogP contribution in [0.4, 0.5) is 0 Å². The van der Waals surface area contributed by atoms with Crippen molar-refractivity contribution < 1.29 is 8.42 Å². The number of pyridine rings is 1. The lowest BCUT2D eigenvalue weighted by atomic mass is 10.2. The van der Waals surface area contributed by atoms with E-state index in [1.54, 1.807) is 4.52 Å². The zero-order chi connectivity index (χ0) is 12.8. The molecule has 2 aromatic rings. The maximum Gasteiger partial charge on any atom is 0.169 e. The predicted octanol–water partition coefficient (Wildman–Crippen LogP) is 1.68. The molecule has 18 heavy (non-hydrogen) atoms. The fourth-order valence-electron chi connectivity index (χ4n) is 2.43. The second-order valence-electron chi connectivity index (χ2n) is 4.76. The average molecular weight is 265 g/mol. The Labute approximate surface area is 106 Å².